The SMILES string of the molecule is CN(C)c1cc(Br)cc(C(=O)N2CC3(CO)CCC2CC3)c1. The van der Waals surface area contributed by atoms with Gasteiger partial charge in [0.15, 0.2) is 0 Å². The predicted octanol–water partition coefficient (Wildman–Crippen LogP) is 2.89. The van der Waals surface area contributed by atoms with Crippen LogP contribution in [-0.4, -0.2) is 49.2 Å². The van der Waals surface area contributed by atoms with Gasteiger partial charge in [0.05, 0.1) is 6.61 Å². The highest BCUT2D eigenvalue weighted by atomic mass is 79.9. The number of fused-ring (bicyclic) bond motifs is 3. The van der Waals surface area contributed by atoms with Crippen LogP contribution in [0.2, 0.25) is 0 Å². The third-order valence-corrected chi connectivity index (χ3v) is 5.66. The van der Waals surface area contributed by atoms with Gasteiger partial charge in [-0.05, 0) is 43.9 Å². The lowest BCUT2D eigenvalue weighted by Gasteiger charge is -2.52. The van der Waals surface area contributed by atoms with E-state index < -0.39 is 0 Å². The molecule has 1 N–H and O–H groups in total. The molecule has 2 bridgehead atoms. The van der Waals surface area contributed by atoms with Crippen molar-refractivity contribution in [3.8, 4) is 0 Å². The van der Waals surface area contributed by atoms with Gasteiger partial charge in [0, 0.05) is 47.8 Å². The molecule has 0 radical (unpaired) electrons. The monoisotopic (exact) mass is 366 g/mol. The molecule has 4 nitrogen and oxygen atoms in total. The van der Waals surface area contributed by atoms with E-state index in [1.54, 1.807) is 0 Å². The van der Waals surface area contributed by atoms with Crippen LogP contribution in [0.1, 0.15) is 36.0 Å². The number of carbonyl (C=O) groups is 1. The lowest BCUT2D eigenvalue weighted by Crippen LogP contribution is -2.57. The highest BCUT2D eigenvalue weighted by molar-refractivity contribution is 9.10. The summed E-state index contributed by atoms with van der Waals surface area (Å²) in [6, 6.07) is 6.18. The summed E-state index contributed by atoms with van der Waals surface area (Å²) in [4.78, 5) is 17.0. The Labute approximate surface area is 140 Å². The zero-order valence-corrected chi connectivity index (χ0v) is 14.8. The number of aliphatic hydroxyl groups is 1. The quantitative estimate of drug-likeness (QED) is 0.894. The highest BCUT2D eigenvalue weighted by Gasteiger charge is 2.46. The van der Waals surface area contributed by atoms with Gasteiger partial charge in [-0.1, -0.05) is 15.9 Å². The number of aliphatic hydroxyl groups excluding tert-OH is 1. The summed E-state index contributed by atoms with van der Waals surface area (Å²) in [6.07, 6.45) is 4.11. The summed E-state index contributed by atoms with van der Waals surface area (Å²) in [5, 5.41) is 9.75. The Morgan fingerprint density at radius 1 is 1.36 bits per heavy atom. The van der Waals surface area contributed by atoms with Crippen LogP contribution >= 0.6 is 15.9 Å². The second kappa shape index (κ2) is 5.85. The standard InChI is InChI=1S/C17H23BrN2O2/c1-19(2)15-8-12(7-13(18)9-15)16(22)20-10-17(11-21)5-3-14(20)4-6-17/h7-9,14,21H,3-6,10-11H2,1-2H3. The van der Waals surface area contributed by atoms with Crippen LogP contribution in [0.3, 0.4) is 0 Å². The number of nitrogens with zero attached hydrogens (tertiary/aromatic N) is 2. The molecule has 2 saturated heterocycles. The normalized spacial score (nSPS) is 27.1. The Kier molecular flexibility index (Phi) is 4.21. The molecule has 3 fully saturated rings. The summed E-state index contributed by atoms with van der Waals surface area (Å²) in [6.45, 7) is 0.877. The molecule has 2 heterocycles. The lowest BCUT2D eigenvalue weighted by atomic mass is 9.68. The third kappa shape index (κ3) is 2.76. The third-order valence-electron chi connectivity index (χ3n) is 5.20. The second-order valence-electron chi connectivity index (χ2n) is 6.91. The first-order chi connectivity index (χ1) is 10.4. The Morgan fingerprint density at radius 3 is 2.64 bits per heavy atom. The molecule has 0 atom stereocenters. The van der Waals surface area contributed by atoms with E-state index in [-0.39, 0.29) is 17.9 Å². The van der Waals surface area contributed by atoms with Gasteiger partial charge in [-0.25, -0.2) is 0 Å². The average Bonchev–Trinajstić information content (AvgIpc) is 2.54. The first-order valence-corrected chi connectivity index (χ1v) is 8.63. The number of piperidine rings is 2. The van der Waals surface area contributed by atoms with Crippen molar-refractivity contribution >= 4 is 27.5 Å². The van der Waals surface area contributed by atoms with E-state index in [0.717, 1.165) is 41.4 Å². The molecule has 22 heavy (non-hydrogen) atoms. The molecular formula is C17H23BrN2O2. The number of halogens is 1. The van der Waals surface area contributed by atoms with E-state index in [0.29, 0.717) is 12.6 Å². The molecular weight excluding hydrogens is 344 g/mol. The second-order valence-corrected chi connectivity index (χ2v) is 7.83. The maximum atomic E-state index is 13.0. The van der Waals surface area contributed by atoms with Crippen LogP contribution in [0, 0.1) is 5.41 Å². The number of hydrogen-bond donors (Lipinski definition) is 1. The van der Waals surface area contributed by atoms with Crippen LogP contribution < -0.4 is 4.90 Å². The fourth-order valence-electron chi connectivity index (χ4n) is 3.74. The zero-order chi connectivity index (χ0) is 15.9. The van der Waals surface area contributed by atoms with Crippen molar-refractivity contribution in [2.24, 2.45) is 5.41 Å². The Balaban J connectivity index is 1.88. The van der Waals surface area contributed by atoms with Crippen molar-refractivity contribution in [1.29, 1.82) is 0 Å². The number of benzene rings is 1. The number of amides is 1. The number of rotatable bonds is 3. The van der Waals surface area contributed by atoms with Crippen molar-refractivity contribution in [3.63, 3.8) is 0 Å². The van der Waals surface area contributed by atoms with Crippen LogP contribution in [-0.2, 0) is 0 Å². The van der Waals surface area contributed by atoms with Gasteiger partial charge in [0.25, 0.3) is 5.91 Å². The predicted molar refractivity (Wildman–Crippen MR) is 91.3 cm³/mol. The maximum Gasteiger partial charge on any atom is 0.254 e. The van der Waals surface area contributed by atoms with Crippen molar-refractivity contribution in [1.82, 2.24) is 4.90 Å². The number of carbonyl (C=O) groups excluding carboxylic acids is 1. The van der Waals surface area contributed by atoms with E-state index in [1.807, 2.05) is 42.1 Å². The zero-order valence-electron chi connectivity index (χ0n) is 13.2. The van der Waals surface area contributed by atoms with E-state index in [9.17, 15) is 9.90 Å². The maximum absolute atomic E-state index is 13.0. The topological polar surface area (TPSA) is 43.8 Å². The summed E-state index contributed by atoms with van der Waals surface area (Å²) < 4.78 is 0.918. The minimum Gasteiger partial charge on any atom is -0.396 e. The number of hydrogen-bond acceptors (Lipinski definition) is 3. The molecule has 0 spiro atoms. The van der Waals surface area contributed by atoms with E-state index in [2.05, 4.69) is 15.9 Å². The summed E-state index contributed by atoms with van der Waals surface area (Å²) in [5.74, 6) is 0.0895. The van der Waals surface area contributed by atoms with Crippen molar-refractivity contribution in [3.05, 3.63) is 28.2 Å². The van der Waals surface area contributed by atoms with Gasteiger partial charge >= 0.3 is 0 Å². The first-order valence-electron chi connectivity index (χ1n) is 7.84. The van der Waals surface area contributed by atoms with Gasteiger partial charge in [-0.15, -0.1) is 0 Å². The average molecular weight is 367 g/mol. The molecule has 1 aromatic carbocycles. The van der Waals surface area contributed by atoms with E-state index in [1.165, 1.54) is 0 Å². The van der Waals surface area contributed by atoms with Gasteiger partial charge in [-0.2, -0.15) is 0 Å². The molecule has 1 amide bonds. The van der Waals surface area contributed by atoms with Gasteiger partial charge in [0.2, 0.25) is 0 Å². The van der Waals surface area contributed by atoms with Gasteiger partial charge in [0.1, 0.15) is 0 Å². The van der Waals surface area contributed by atoms with Crippen LogP contribution in [0.15, 0.2) is 22.7 Å². The Bertz CT molecular complexity index is 580. The largest absolute Gasteiger partial charge is 0.396 e. The molecule has 0 aromatic heterocycles. The fraction of sp³-hybridized carbons (Fsp3) is 0.588. The smallest absolute Gasteiger partial charge is 0.254 e. The Hall–Kier alpha value is -1.07. The first kappa shape index (κ1) is 15.8. The highest BCUT2D eigenvalue weighted by Crippen LogP contribution is 2.44. The minimum absolute atomic E-state index is 0.0687. The lowest BCUT2D eigenvalue weighted by molar-refractivity contribution is -0.0383. The Morgan fingerprint density at radius 2 is 2.05 bits per heavy atom. The van der Waals surface area contributed by atoms with Crippen molar-refractivity contribution in [2.75, 3.05) is 32.1 Å². The van der Waals surface area contributed by atoms with Gasteiger partial charge in [-0.3, -0.25) is 4.79 Å². The van der Waals surface area contributed by atoms with Crippen LogP contribution in [0.4, 0.5) is 5.69 Å². The van der Waals surface area contributed by atoms with E-state index in [4.69, 9.17) is 0 Å². The van der Waals surface area contributed by atoms with Crippen LogP contribution in [0.25, 0.3) is 0 Å². The molecule has 2 aliphatic heterocycles. The molecule has 120 valence electrons. The molecule has 3 aliphatic rings. The van der Waals surface area contributed by atoms with Gasteiger partial charge < -0.3 is 14.9 Å². The molecule has 4 rings (SSSR count). The molecule has 1 aromatic rings. The summed E-state index contributed by atoms with van der Waals surface area (Å²) >= 11 is 3.50. The fourth-order valence-corrected chi connectivity index (χ4v) is 4.22. The number of anilines is 1. The summed E-state index contributed by atoms with van der Waals surface area (Å²) in [7, 11) is 3.94. The summed E-state index contributed by atoms with van der Waals surface area (Å²) in [5.41, 5.74) is 1.66. The van der Waals surface area contributed by atoms with Crippen molar-refractivity contribution in [2.45, 2.75) is 31.7 Å². The van der Waals surface area contributed by atoms with E-state index >= 15 is 0 Å². The molecule has 5 heteroatoms. The molecule has 0 unspecified atom stereocenters. The molecule has 1 saturated carbocycles. The molecule has 1 aliphatic carbocycles. The van der Waals surface area contributed by atoms with Crippen molar-refractivity contribution < 1.29 is 9.90 Å². The minimum atomic E-state index is -0.0687. The van der Waals surface area contributed by atoms with Crippen LogP contribution in [0.5, 0.6) is 0 Å².